The van der Waals surface area contributed by atoms with Crippen LogP contribution in [0.25, 0.3) is 0 Å². The van der Waals surface area contributed by atoms with E-state index < -0.39 is 0 Å². The van der Waals surface area contributed by atoms with E-state index in [4.69, 9.17) is 29.7 Å². The van der Waals surface area contributed by atoms with E-state index in [1.54, 1.807) is 0 Å². The number of carbonyl (C=O) groups is 3. The molecular weight excluding hydrogens is 336 g/mol. The fourth-order valence-electron chi connectivity index (χ4n) is 0. The summed E-state index contributed by atoms with van der Waals surface area (Å²) in [6.45, 7) is -0.750. The minimum absolute atomic E-state index is 0. The maximum atomic E-state index is 8.36. The monoisotopic (exact) mass is 343 g/mol. The Morgan fingerprint density at radius 2 is 0.700 bits per heavy atom. The van der Waals surface area contributed by atoms with Crippen LogP contribution in [0.3, 0.4) is 0 Å². The average Bonchev–Trinajstić information content (AvgIpc) is 1.70. The van der Waals surface area contributed by atoms with Crippen molar-refractivity contribution in [3.63, 3.8) is 0 Å². The molecule has 57 valence electrons. The Bertz CT molecular complexity index is 49.7. The van der Waals surface area contributed by atoms with Crippen LogP contribution in [-0.2, 0) is 14.4 Å². The van der Waals surface area contributed by atoms with E-state index in [-0.39, 0.29) is 46.7 Å². The molecule has 3 N–H and O–H groups in total. The molecule has 0 aliphatic heterocycles. The summed E-state index contributed by atoms with van der Waals surface area (Å²) in [6.07, 6.45) is 0. The van der Waals surface area contributed by atoms with Gasteiger partial charge in [-0.1, -0.05) is 0 Å². The molecule has 7 heteroatoms. The van der Waals surface area contributed by atoms with Gasteiger partial charge in [-0.3, -0.25) is 14.4 Å². The molecule has 0 heterocycles. The van der Waals surface area contributed by atoms with Crippen LogP contribution < -0.4 is 0 Å². The minimum Gasteiger partial charge on any atom is -0.483 e. The van der Waals surface area contributed by atoms with E-state index in [1.807, 2.05) is 0 Å². The molecule has 0 spiro atoms. The summed E-state index contributed by atoms with van der Waals surface area (Å²) in [6, 6.07) is 0. The maximum Gasteiger partial charge on any atom is 0.290 e. The van der Waals surface area contributed by atoms with Gasteiger partial charge < -0.3 is 15.3 Å². The van der Waals surface area contributed by atoms with Crippen LogP contribution in [0, 0.1) is 0 Å². The van der Waals surface area contributed by atoms with Gasteiger partial charge in [-0.25, -0.2) is 0 Å². The molecule has 0 rings (SSSR count). The van der Waals surface area contributed by atoms with Crippen LogP contribution in [0.4, 0.5) is 0 Å². The quantitative estimate of drug-likeness (QED) is 0.373. The first-order valence-corrected chi connectivity index (χ1v) is 1.48. The normalized spacial score (nSPS) is 3.60. The van der Waals surface area contributed by atoms with Crippen LogP contribution in [-0.4, -0.2) is 62.0 Å². The van der Waals surface area contributed by atoms with Crippen LogP contribution in [0.5, 0.6) is 0 Å². The van der Waals surface area contributed by atoms with E-state index in [1.165, 1.54) is 0 Å². The van der Waals surface area contributed by atoms with Crippen molar-refractivity contribution in [2.75, 3.05) is 0 Å². The van der Waals surface area contributed by atoms with Crippen LogP contribution in [0.2, 0.25) is 0 Å². The Balaban J connectivity index is -0.0000000257. The van der Waals surface area contributed by atoms with Gasteiger partial charge in [0, 0.05) is 27.3 Å². The van der Waals surface area contributed by atoms with Crippen molar-refractivity contribution in [2.24, 2.45) is 0 Å². The number of rotatable bonds is 0. The first-order chi connectivity index (χ1) is 4.24. The Labute approximate surface area is 76.6 Å². The van der Waals surface area contributed by atoms with Crippen LogP contribution in [0.15, 0.2) is 0 Å². The van der Waals surface area contributed by atoms with Crippen molar-refractivity contribution < 1.29 is 29.7 Å². The average molecular weight is 342 g/mol. The third-order valence-electron chi connectivity index (χ3n) is 0. The van der Waals surface area contributed by atoms with Crippen molar-refractivity contribution >= 4 is 46.7 Å². The van der Waals surface area contributed by atoms with Gasteiger partial charge in [0.1, 0.15) is 0 Å². The number of hydrogen-bond acceptors (Lipinski definition) is 3. The van der Waals surface area contributed by atoms with Gasteiger partial charge in [0.2, 0.25) is 0 Å². The molecule has 6 nitrogen and oxygen atoms in total. The fraction of sp³-hybridized carbons (Fsp3) is 0. The predicted octanol–water partition coefficient (Wildman–Crippen LogP) is -1.28. The SMILES string of the molecule is O=CO.O=CO.O=CO.[Tl]. The molecule has 0 aromatic heterocycles. The van der Waals surface area contributed by atoms with E-state index in [9.17, 15) is 0 Å². The van der Waals surface area contributed by atoms with Crippen LogP contribution in [0.1, 0.15) is 0 Å². The molecule has 0 bridgehead atoms. The predicted molar refractivity (Wildman–Crippen MR) is 31.8 cm³/mol. The van der Waals surface area contributed by atoms with E-state index in [2.05, 4.69) is 0 Å². The molecule has 1 radical (unpaired) electrons. The van der Waals surface area contributed by atoms with Crippen molar-refractivity contribution in [2.45, 2.75) is 0 Å². The molecule has 0 aliphatic carbocycles. The first kappa shape index (κ1) is 22.8. The second kappa shape index (κ2) is 82.4. The van der Waals surface area contributed by atoms with Gasteiger partial charge in [0.05, 0.1) is 0 Å². The fourth-order valence-corrected chi connectivity index (χ4v) is 0. The number of hydrogen-bond donors (Lipinski definition) is 3. The van der Waals surface area contributed by atoms with E-state index in [0.29, 0.717) is 0 Å². The van der Waals surface area contributed by atoms with Gasteiger partial charge in [0.15, 0.2) is 0 Å². The Hall–Kier alpha value is -0.668. The molecular formula is C3H6O6Tl. The molecule has 10 heavy (non-hydrogen) atoms. The van der Waals surface area contributed by atoms with Gasteiger partial charge >= 0.3 is 0 Å². The van der Waals surface area contributed by atoms with Crippen molar-refractivity contribution in [1.29, 1.82) is 0 Å². The van der Waals surface area contributed by atoms with Gasteiger partial charge in [-0.15, -0.1) is 0 Å². The molecule has 0 aliphatic rings. The summed E-state index contributed by atoms with van der Waals surface area (Å²) < 4.78 is 0. The second-order valence-corrected chi connectivity index (χ2v) is 0.316. The summed E-state index contributed by atoms with van der Waals surface area (Å²) in [7, 11) is 0. The summed E-state index contributed by atoms with van der Waals surface area (Å²) in [5.74, 6) is 0. The molecule has 0 aromatic carbocycles. The Morgan fingerprint density at radius 1 is 0.700 bits per heavy atom. The number of carboxylic acid groups (broad SMARTS) is 3. The summed E-state index contributed by atoms with van der Waals surface area (Å²) in [5.41, 5.74) is 0. The maximum absolute atomic E-state index is 8.36. The van der Waals surface area contributed by atoms with E-state index in [0.717, 1.165) is 0 Å². The van der Waals surface area contributed by atoms with E-state index >= 15 is 0 Å². The zero-order valence-electron chi connectivity index (χ0n) is 4.88. The second-order valence-electron chi connectivity index (χ2n) is 0.316. The van der Waals surface area contributed by atoms with Gasteiger partial charge in [-0.2, -0.15) is 0 Å². The smallest absolute Gasteiger partial charge is 0.290 e. The van der Waals surface area contributed by atoms with Gasteiger partial charge in [0.25, 0.3) is 19.4 Å². The molecule has 0 saturated heterocycles. The minimum atomic E-state index is -0.250. The molecule has 0 amide bonds. The summed E-state index contributed by atoms with van der Waals surface area (Å²) in [5, 5.41) is 20.7. The molecule has 0 atom stereocenters. The van der Waals surface area contributed by atoms with Gasteiger partial charge in [-0.05, 0) is 0 Å². The zero-order valence-corrected chi connectivity index (χ0v) is 9.36. The standard InChI is InChI=1S/3CH2O2.Tl/c3*2-1-3;/h3*1H,(H,2,3);. The van der Waals surface area contributed by atoms with Crippen molar-refractivity contribution in [1.82, 2.24) is 0 Å². The Kier molecular flexibility index (Phi) is 188. The Morgan fingerprint density at radius 3 is 0.700 bits per heavy atom. The molecule has 0 unspecified atom stereocenters. The molecule has 0 fully saturated rings. The molecule has 0 aromatic rings. The summed E-state index contributed by atoms with van der Waals surface area (Å²) >= 11 is 0. The topological polar surface area (TPSA) is 112 Å². The summed E-state index contributed by atoms with van der Waals surface area (Å²) in [4.78, 5) is 25.1. The zero-order chi connectivity index (χ0) is 8.12. The van der Waals surface area contributed by atoms with Crippen molar-refractivity contribution in [3.05, 3.63) is 0 Å². The third kappa shape index (κ3) is 659. The first-order valence-electron chi connectivity index (χ1n) is 1.48. The molecule has 0 saturated carbocycles. The van der Waals surface area contributed by atoms with Crippen LogP contribution >= 0.6 is 0 Å². The largest absolute Gasteiger partial charge is 0.483 e. The third-order valence-corrected chi connectivity index (χ3v) is 0. The van der Waals surface area contributed by atoms with Crippen molar-refractivity contribution in [3.8, 4) is 0 Å².